The van der Waals surface area contributed by atoms with Crippen LogP contribution in [-0.4, -0.2) is 0 Å². The van der Waals surface area contributed by atoms with E-state index in [9.17, 15) is 0 Å². The van der Waals surface area contributed by atoms with Crippen LogP contribution in [0.5, 0.6) is 0 Å². The molecule has 0 unspecified atom stereocenters. The first-order valence-corrected chi connectivity index (χ1v) is 16.6. The summed E-state index contributed by atoms with van der Waals surface area (Å²) in [4.78, 5) is 0. The third-order valence-corrected chi connectivity index (χ3v) is 10.8. The van der Waals surface area contributed by atoms with Gasteiger partial charge in [-0.15, -0.1) is 0 Å². The maximum Gasteiger partial charge on any atom is 0.0159 e. The van der Waals surface area contributed by atoms with Gasteiger partial charge < -0.3 is 0 Å². The molecule has 1 aliphatic rings. The van der Waals surface area contributed by atoms with Crippen LogP contribution in [0.4, 0.5) is 0 Å². The summed E-state index contributed by atoms with van der Waals surface area (Å²) in [5.41, 5.74) is 10.5. The summed E-state index contributed by atoms with van der Waals surface area (Å²) in [7, 11) is 0. The number of fused-ring (bicyclic) bond motifs is 12. The summed E-state index contributed by atoms with van der Waals surface area (Å²) >= 11 is 0. The lowest BCUT2D eigenvalue weighted by Gasteiger charge is -2.23. The molecule has 220 valence electrons. The normalized spacial score (nSPS) is 13.5. The van der Waals surface area contributed by atoms with E-state index in [1.165, 1.54) is 98.4 Å². The predicted octanol–water partition coefficient (Wildman–Crippen LogP) is 13.1. The van der Waals surface area contributed by atoms with Crippen molar-refractivity contribution in [2.45, 2.75) is 19.3 Å². The standard InChI is InChI=1S/C47H32/c1-47(2)44-27-34(32-16-15-29-9-3-4-11-31(29)25-32)19-22-39(44)40-23-20-35(28-45(40)47)33-18-21-38-42-24-17-30-10-5-6-12-36(30)46(42)41-14-8-7-13-37(41)43(38)26-33/h3-28H,1-2H3. The van der Waals surface area contributed by atoms with Gasteiger partial charge in [-0.1, -0.05) is 147 Å². The van der Waals surface area contributed by atoms with Gasteiger partial charge in [0.2, 0.25) is 0 Å². The van der Waals surface area contributed by atoms with Crippen LogP contribution in [0.1, 0.15) is 25.0 Å². The Kier molecular flexibility index (Phi) is 5.44. The van der Waals surface area contributed by atoms with Crippen LogP contribution in [0, 0.1) is 0 Å². The van der Waals surface area contributed by atoms with Gasteiger partial charge in [0, 0.05) is 5.41 Å². The van der Waals surface area contributed by atoms with E-state index < -0.39 is 0 Å². The Morgan fingerprint density at radius 1 is 0.319 bits per heavy atom. The largest absolute Gasteiger partial charge is 0.0616 e. The first-order valence-electron chi connectivity index (χ1n) is 16.6. The fraction of sp³-hybridized carbons (Fsp3) is 0.0638. The second kappa shape index (κ2) is 9.64. The van der Waals surface area contributed by atoms with Gasteiger partial charge in [-0.25, -0.2) is 0 Å². The van der Waals surface area contributed by atoms with Gasteiger partial charge in [-0.2, -0.15) is 0 Å². The Hall–Kier alpha value is -5.72. The average Bonchev–Trinajstić information content (AvgIpc) is 3.35. The van der Waals surface area contributed by atoms with Gasteiger partial charge in [-0.05, 0) is 123 Å². The zero-order valence-corrected chi connectivity index (χ0v) is 26.5. The van der Waals surface area contributed by atoms with Crippen LogP contribution < -0.4 is 0 Å². The van der Waals surface area contributed by atoms with Crippen molar-refractivity contribution in [1.29, 1.82) is 0 Å². The fourth-order valence-corrected chi connectivity index (χ4v) is 8.37. The number of hydrogen-bond donors (Lipinski definition) is 0. The zero-order chi connectivity index (χ0) is 31.3. The molecule has 0 aliphatic heterocycles. The summed E-state index contributed by atoms with van der Waals surface area (Å²) in [6.07, 6.45) is 0. The van der Waals surface area contributed by atoms with Gasteiger partial charge in [0.05, 0.1) is 0 Å². The van der Waals surface area contributed by atoms with E-state index >= 15 is 0 Å². The minimum Gasteiger partial charge on any atom is -0.0616 e. The summed E-state index contributed by atoms with van der Waals surface area (Å²) in [6, 6.07) is 58.9. The number of hydrogen-bond acceptors (Lipinski definition) is 0. The molecular weight excluding hydrogens is 565 g/mol. The SMILES string of the molecule is CC1(C)c2cc(-c3ccc4ccccc4c3)ccc2-c2ccc(-c3ccc4c(c3)c3ccccc3c3c5ccccc5ccc43)cc21. The van der Waals surface area contributed by atoms with Crippen molar-refractivity contribution in [2.24, 2.45) is 0 Å². The smallest absolute Gasteiger partial charge is 0.0159 e. The van der Waals surface area contributed by atoms with Crippen LogP contribution in [0.2, 0.25) is 0 Å². The molecule has 0 nitrogen and oxygen atoms in total. The molecule has 0 heteroatoms. The van der Waals surface area contributed by atoms with Crippen molar-refractivity contribution < 1.29 is 0 Å². The van der Waals surface area contributed by atoms with Gasteiger partial charge in [0.25, 0.3) is 0 Å². The lowest BCUT2D eigenvalue weighted by atomic mass is 9.80. The first kappa shape index (κ1) is 26.5. The zero-order valence-electron chi connectivity index (χ0n) is 26.5. The summed E-state index contributed by atoms with van der Waals surface area (Å²) < 4.78 is 0. The van der Waals surface area contributed by atoms with Gasteiger partial charge in [-0.3, -0.25) is 0 Å². The van der Waals surface area contributed by atoms with Gasteiger partial charge in [0.1, 0.15) is 0 Å². The molecule has 1 aliphatic carbocycles. The van der Waals surface area contributed by atoms with Crippen molar-refractivity contribution >= 4 is 53.9 Å². The molecule has 0 radical (unpaired) electrons. The highest BCUT2D eigenvalue weighted by Gasteiger charge is 2.36. The van der Waals surface area contributed by atoms with E-state index in [0.717, 1.165) is 0 Å². The van der Waals surface area contributed by atoms with Gasteiger partial charge >= 0.3 is 0 Å². The van der Waals surface area contributed by atoms with E-state index in [0.29, 0.717) is 0 Å². The van der Waals surface area contributed by atoms with Crippen molar-refractivity contribution in [3.05, 3.63) is 169 Å². The topological polar surface area (TPSA) is 0 Å². The molecule has 9 aromatic rings. The predicted molar refractivity (Wildman–Crippen MR) is 202 cm³/mol. The minimum absolute atomic E-state index is 0.103. The second-order valence-electron chi connectivity index (χ2n) is 13.7. The van der Waals surface area contributed by atoms with Crippen molar-refractivity contribution in [3.63, 3.8) is 0 Å². The number of benzene rings is 9. The fourth-order valence-electron chi connectivity index (χ4n) is 8.37. The van der Waals surface area contributed by atoms with E-state index in [1.807, 2.05) is 0 Å². The molecule has 47 heavy (non-hydrogen) atoms. The molecular formula is C47H32. The van der Waals surface area contributed by atoms with Gasteiger partial charge in [0.15, 0.2) is 0 Å². The van der Waals surface area contributed by atoms with E-state index in [2.05, 4.69) is 172 Å². The molecule has 0 heterocycles. The quantitative estimate of drug-likeness (QED) is 0.174. The van der Waals surface area contributed by atoms with Crippen molar-refractivity contribution in [1.82, 2.24) is 0 Å². The molecule has 0 aromatic heterocycles. The highest BCUT2D eigenvalue weighted by Crippen LogP contribution is 2.51. The molecule has 10 rings (SSSR count). The lowest BCUT2D eigenvalue weighted by molar-refractivity contribution is 0.661. The van der Waals surface area contributed by atoms with Crippen LogP contribution >= 0.6 is 0 Å². The van der Waals surface area contributed by atoms with Crippen LogP contribution in [0.25, 0.3) is 87.2 Å². The monoisotopic (exact) mass is 596 g/mol. The lowest BCUT2D eigenvalue weighted by Crippen LogP contribution is -2.15. The van der Waals surface area contributed by atoms with E-state index in [-0.39, 0.29) is 5.41 Å². The second-order valence-corrected chi connectivity index (χ2v) is 13.7. The molecule has 0 fully saturated rings. The summed E-state index contributed by atoms with van der Waals surface area (Å²) in [5.74, 6) is 0. The Morgan fingerprint density at radius 2 is 0.787 bits per heavy atom. The van der Waals surface area contributed by atoms with E-state index in [4.69, 9.17) is 0 Å². The van der Waals surface area contributed by atoms with Crippen molar-refractivity contribution in [3.8, 4) is 33.4 Å². The Bertz CT molecular complexity index is 2740. The summed E-state index contributed by atoms with van der Waals surface area (Å²) in [5, 5.41) is 13.1. The molecule has 0 atom stereocenters. The maximum absolute atomic E-state index is 2.45. The van der Waals surface area contributed by atoms with E-state index in [1.54, 1.807) is 0 Å². The minimum atomic E-state index is -0.103. The van der Waals surface area contributed by atoms with Crippen LogP contribution in [0.3, 0.4) is 0 Å². The van der Waals surface area contributed by atoms with Crippen LogP contribution in [-0.2, 0) is 5.41 Å². The Balaban J connectivity index is 1.11. The highest BCUT2D eigenvalue weighted by molar-refractivity contribution is 6.31. The summed E-state index contributed by atoms with van der Waals surface area (Å²) in [6.45, 7) is 4.77. The molecule has 9 aromatic carbocycles. The molecule has 0 saturated carbocycles. The van der Waals surface area contributed by atoms with Crippen LogP contribution in [0.15, 0.2) is 158 Å². The Labute approximate surface area is 274 Å². The Morgan fingerprint density at radius 3 is 1.53 bits per heavy atom. The third kappa shape index (κ3) is 3.82. The maximum atomic E-state index is 2.45. The third-order valence-electron chi connectivity index (χ3n) is 10.8. The highest BCUT2D eigenvalue weighted by atomic mass is 14.4. The number of rotatable bonds is 2. The molecule has 0 amide bonds. The molecule has 0 N–H and O–H groups in total. The molecule has 0 saturated heterocycles. The van der Waals surface area contributed by atoms with Crippen molar-refractivity contribution in [2.75, 3.05) is 0 Å². The average molecular weight is 597 g/mol. The molecule has 0 bridgehead atoms. The first-order chi connectivity index (χ1) is 23.0. The molecule has 0 spiro atoms.